The molecule has 1 saturated carbocycles. The number of nitrogens with one attached hydrogen (secondary N) is 2. The standard InChI is InChI=1S/C13H18N2O2/c16-12(10-6-7-10)8-9-14-13(17)15-11-4-2-1-3-5-11/h1-5,10,12,16H,6-9H2,(H2,14,15,17)/t12-/m0/s1. The van der Waals surface area contributed by atoms with Crippen LogP contribution in [-0.2, 0) is 0 Å². The molecule has 0 spiro atoms. The van der Waals surface area contributed by atoms with E-state index in [4.69, 9.17) is 0 Å². The molecule has 0 saturated heterocycles. The van der Waals surface area contributed by atoms with Crippen molar-refractivity contribution in [2.75, 3.05) is 11.9 Å². The minimum Gasteiger partial charge on any atom is -0.393 e. The number of urea groups is 1. The number of rotatable bonds is 5. The second kappa shape index (κ2) is 5.68. The number of aliphatic hydroxyl groups is 1. The molecule has 1 atom stereocenters. The first-order valence-electron chi connectivity index (χ1n) is 6.03. The fourth-order valence-corrected chi connectivity index (χ4v) is 1.75. The molecule has 0 aliphatic heterocycles. The summed E-state index contributed by atoms with van der Waals surface area (Å²) in [6.07, 6.45) is 2.62. The molecule has 3 N–H and O–H groups in total. The first-order chi connectivity index (χ1) is 8.25. The van der Waals surface area contributed by atoms with Crippen LogP contribution in [0.5, 0.6) is 0 Å². The number of hydrogen-bond acceptors (Lipinski definition) is 2. The van der Waals surface area contributed by atoms with Crippen molar-refractivity contribution >= 4 is 11.7 Å². The monoisotopic (exact) mass is 234 g/mol. The Morgan fingerprint density at radius 2 is 2.06 bits per heavy atom. The van der Waals surface area contributed by atoms with E-state index in [9.17, 15) is 9.90 Å². The minimum atomic E-state index is -0.257. The van der Waals surface area contributed by atoms with Gasteiger partial charge in [0.15, 0.2) is 0 Å². The molecular weight excluding hydrogens is 216 g/mol. The maximum absolute atomic E-state index is 11.5. The average molecular weight is 234 g/mol. The van der Waals surface area contributed by atoms with Crippen molar-refractivity contribution in [2.24, 2.45) is 5.92 Å². The van der Waals surface area contributed by atoms with Gasteiger partial charge in [0.2, 0.25) is 0 Å². The van der Waals surface area contributed by atoms with Gasteiger partial charge in [-0.05, 0) is 37.3 Å². The van der Waals surface area contributed by atoms with E-state index in [1.54, 1.807) is 0 Å². The van der Waals surface area contributed by atoms with Crippen LogP contribution in [0.3, 0.4) is 0 Å². The molecule has 1 aliphatic carbocycles. The van der Waals surface area contributed by atoms with Crippen molar-refractivity contribution < 1.29 is 9.90 Å². The van der Waals surface area contributed by atoms with E-state index in [1.165, 1.54) is 0 Å². The fourth-order valence-electron chi connectivity index (χ4n) is 1.75. The van der Waals surface area contributed by atoms with Crippen LogP contribution in [0.4, 0.5) is 10.5 Å². The SMILES string of the molecule is O=C(NCC[C@H](O)C1CC1)Nc1ccccc1. The van der Waals surface area contributed by atoms with Crippen LogP contribution in [0, 0.1) is 5.92 Å². The Bertz CT molecular complexity index is 363. The number of aliphatic hydroxyl groups excluding tert-OH is 1. The van der Waals surface area contributed by atoms with E-state index in [-0.39, 0.29) is 12.1 Å². The molecule has 0 bridgehead atoms. The van der Waals surface area contributed by atoms with Gasteiger partial charge in [0.05, 0.1) is 6.10 Å². The smallest absolute Gasteiger partial charge is 0.319 e. The lowest BCUT2D eigenvalue weighted by Crippen LogP contribution is -2.31. The zero-order chi connectivity index (χ0) is 12.1. The Balaban J connectivity index is 1.64. The van der Waals surface area contributed by atoms with Crippen molar-refractivity contribution in [2.45, 2.75) is 25.4 Å². The van der Waals surface area contributed by atoms with Crippen LogP contribution in [0.25, 0.3) is 0 Å². The molecule has 2 amide bonds. The van der Waals surface area contributed by atoms with Crippen LogP contribution in [-0.4, -0.2) is 23.8 Å². The second-order valence-corrected chi connectivity index (χ2v) is 4.44. The van der Waals surface area contributed by atoms with Gasteiger partial charge in [-0.2, -0.15) is 0 Å². The Morgan fingerprint density at radius 1 is 1.35 bits per heavy atom. The Morgan fingerprint density at radius 3 is 2.71 bits per heavy atom. The molecule has 0 radical (unpaired) electrons. The van der Waals surface area contributed by atoms with E-state index in [0.29, 0.717) is 18.9 Å². The summed E-state index contributed by atoms with van der Waals surface area (Å²) in [4.78, 5) is 11.5. The third-order valence-corrected chi connectivity index (χ3v) is 2.92. The third kappa shape index (κ3) is 4.07. The predicted octanol–water partition coefficient (Wildman–Crippen LogP) is 1.97. The normalized spacial score (nSPS) is 16.3. The molecule has 0 unspecified atom stereocenters. The molecule has 17 heavy (non-hydrogen) atoms. The zero-order valence-electron chi connectivity index (χ0n) is 9.73. The Labute approximate surface area is 101 Å². The highest BCUT2D eigenvalue weighted by Crippen LogP contribution is 2.33. The van der Waals surface area contributed by atoms with Gasteiger partial charge in [0.1, 0.15) is 0 Å². The largest absolute Gasteiger partial charge is 0.393 e. The van der Waals surface area contributed by atoms with Gasteiger partial charge in [-0.1, -0.05) is 18.2 Å². The van der Waals surface area contributed by atoms with Gasteiger partial charge < -0.3 is 15.7 Å². The topological polar surface area (TPSA) is 61.4 Å². The van der Waals surface area contributed by atoms with Crippen LogP contribution in [0.2, 0.25) is 0 Å². The molecule has 1 aromatic carbocycles. The van der Waals surface area contributed by atoms with Crippen molar-refractivity contribution in [3.8, 4) is 0 Å². The highest BCUT2D eigenvalue weighted by molar-refractivity contribution is 5.89. The molecule has 92 valence electrons. The fraction of sp³-hybridized carbons (Fsp3) is 0.462. The van der Waals surface area contributed by atoms with E-state index >= 15 is 0 Å². The predicted molar refractivity (Wildman–Crippen MR) is 66.8 cm³/mol. The lowest BCUT2D eigenvalue weighted by molar-refractivity contribution is 0.142. The van der Waals surface area contributed by atoms with Gasteiger partial charge in [0, 0.05) is 12.2 Å². The van der Waals surface area contributed by atoms with Crippen molar-refractivity contribution in [1.29, 1.82) is 0 Å². The quantitative estimate of drug-likeness (QED) is 0.729. The van der Waals surface area contributed by atoms with Crippen LogP contribution < -0.4 is 10.6 Å². The first kappa shape index (κ1) is 11.9. The zero-order valence-corrected chi connectivity index (χ0v) is 9.73. The van der Waals surface area contributed by atoms with Gasteiger partial charge in [-0.25, -0.2) is 4.79 Å². The Kier molecular flexibility index (Phi) is 3.98. The highest BCUT2D eigenvalue weighted by atomic mass is 16.3. The number of carbonyl (C=O) groups excluding carboxylic acids is 1. The van der Waals surface area contributed by atoms with Crippen molar-refractivity contribution in [3.05, 3.63) is 30.3 Å². The Hall–Kier alpha value is -1.55. The van der Waals surface area contributed by atoms with E-state index in [0.717, 1.165) is 18.5 Å². The molecule has 4 nitrogen and oxygen atoms in total. The number of anilines is 1. The molecule has 0 aromatic heterocycles. The van der Waals surface area contributed by atoms with Crippen LogP contribution >= 0.6 is 0 Å². The van der Waals surface area contributed by atoms with Crippen LogP contribution in [0.1, 0.15) is 19.3 Å². The summed E-state index contributed by atoms with van der Waals surface area (Å²) in [5.41, 5.74) is 0.771. The number of benzene rings is 1. The third-order valence-electron chi connectivity index (χ3n) is 2.92. The summed E-state index contributed by atoms with van der Waals surface area (Å²) in [6.45, 7) is 0.510. The van der Waals surface area contributed by atoms with Crippen molar-refractivity contribution in [1.82, 2.24) is 5.32 Å². The molecule has 1 aromatic rings. The lowest BCUT2D eigenvalue weighted by Gasteiger charge is -2.10. The van der Waals surface area contributed by atoms with E-state index in [1.807, 2.05) is 30.3 Å². The number of hydrogen-bond donors (Lipinski definition) is 3. The number of para-hydroxylation sites is 1. The number of carbonyl (C=O) groups is 1. The summed E-state index contributed by atoms with van der Waals surface area (Å²) in [7, 11) is 0. The van der Waals surface area contributed by atoms with Gasteiger partial charge >= 0.3 is 6.03 Å². The average Bonchev–Trinajstić information content (AvgIpc) is 3.14. The second-order valence-electron chi connectivity index (χ2n) is 4.44. The summed E-state index contributed by atoms with van der Waals surface area (Å²) >= 11 is 0. The van der Waals surface area contributed by atoms with Crippen molar-refractivity contribution in [3.63, 3.8) is 0 Å². The lowest BCUT2D eigenvalue weighted by atomic mass is 10.2. The molecule has 4 heteroatoms. The molecule has 2 rings (SSSR count). The summed E-state index contributed by atoms with van der Waals surface area (Å²) in [5.74, 6) is 0.467. The first-order valence-corrected chi connectivity index (χ1v) is 6.03. The minimum absolute atomic E-state index is 0.223. The maximum Gasteiger partial charge on any atom is 0.319 e. The summed E-state index contributed by atoms with van der Waals surface area (Å²) < 4.78 is 0. The molecule has 1 fully saturated rings. The van der Waals surface area contributed by atoms with E-state index in [2.05, 4.69) is 10.6 Å². The summed E-state index contributed by atoms with van der Waals surface area (Å²) in [6, 6.07) is 9.07. The van der Waals surface area contributed by atoms with E-state index < -0.39 is 0 Å². The molecule has 0 heterocycles. The highest BCUT2D eigenvalue weighted by Gasteiger charge is 2.29. The molecular formula is C13H18N2O2. The van der Waals surface area contributed by atoms with Crippen LogP contribution in [0.15, 0.2) is 30.3 Å². The maximum atomic E-state index is 11.5. The van der Waals surface area contributed by atoms with Gasteiger partial charge in [-0.15, -0.1) is 0 Å². The van der Waals surface area contributed by atoms with Gasteiger partial charge in [0.25, 0.3) is 0 Å². The molecule has 1 aliphatic rings. The number of amides is 2. The van der Waals surface area contributed by atoms with Gasteiger partial charge in [-0.3, -0.25) is 0 Å². The summed E-state index contributed by atoms with van der Waals surface area (Å²) in [5, 5.41) is 15.1.